The maximum Gasteiger partial charge on any atom is 0.356 e. The van der Waals surface area contributed by atoms with Crippen molar-refractivity contribution in [2.24, 2.45) is 0 Å². The summed E-state index contributed by atoms with van der Waals surface area (Å²) in [4.78, 5) is 30.6. The lowest BCUT2D eigenvalue weighted by Crippen LogP contribution is -2.37. The minimum absolute atomic E-state index is 0.0572. The topological polar surface area (TPSA) is 101 Å². The van der Waals surface area contributed by atoms with Crippen molar-refractivity contribution in [2.75, 3.05) is 6.61 Å². The summed E-state index contributed by atoms with van der Waals surface area (Å²) in [6, 6.07) is 7.05. The van der Waals surface area contributed by atoms with Crippen LogP contribution in [-0.2, 0) is 4.74 Å². The number of amides is 1. The molecule has 0 saturated carbocycles. The molecule has 8 heteroatoms. The maximum absolute atomic E-state index is 12.3. The number of hydrogen-bond acceptors (Lipinski definition) is 5. The number of carboxylic acid groups (broad SMARTS) is 1. The van der Waals surface area contributed by atoms with Crippen LogP contribution in [0.15, 0.2) is 36.7 Å². The summed E-state index contributed by atoms with van der Waals surface area (Å²) >= 11 is 5.89. The van der Waals surface area contributed by atoms with Gasteiger partial charge < -0.3 is 15.2 Å². The third kappa shape index (κ3) is 3.52. The normalized spacial score (nSPS) is 19.9. The van der Waals surface area contributed by atoms with Gasteiger partial charge in [-0.05, 0) is 24.1 Å². The van der Waals surface area contributed by atoms with E-state index in [0.29, 0.717) is 18.1 Å². The van der Waals surface area contributed by atoms with Gasteiger partial charge in [-0.3, -0.25) is 4.79 Å². The van der Waals surface area contributed by atoms with E-state index >= 15 is 0 Å². The Morgan fingerprint density at radius 2 is 1.83 bits per heavy atom. The van der Waals surface area contributed by atoms with Gasteiger partial charge in [-0.15, -0.1) is 0 Å². The number of hydrogen-bond donors (Lipinski definition) is 2. The molecule has 7 nitrogen and oxygen atoms in total. The lowest BCUT2D eigenvalue weighted by atomic mass is 10.0. The quantitative estimate of drug-likeness (QED) is 0.878. The molecule has 2 heterocycles. The summed E-state index contributed by atoms with van der Waals surface area (Å²) in [6.45, 7) is 0.530. The molecule has 1 saturated heterocycles. The minimum atomic E-state index is -1.19. The van der Waals surface area contributed by atoms with E-state index in [2.05, 4.69) is 15.3 Å². The number of carbonyl (C=O) groups excluding carboxylic acids is 1. The average molecular weight is 348 g/mol. The first kappa shape index (κ1) is 16.4. The van der Waals surface area contributed by atoms with Gasteiger partial charge in [0, 0.05) is 11.6 Å². The van der Waals surface area contributed by atoms with Crippen molar-refractivity contribution >= 4 is 23.5 Å². The molecule has 2 N–H and O–H groups in total. The lowest BCUT2D eigenvalue weighted by molar-refractivity contribution is 0.0688. The van der Waals surface area contributed by atoms with Crippen molar-refractivity contribution < 1.29 is 19.4 Å². The van der Waals surface area contributed by atoms with Crippen LogP contribution >= 0.6 is 11.6 Å². The molecule has 0 radical (unpaired) electrons. The van der Waals surface area contributed by atoms with Gasteiger partial charge >= 0.3 is 5.97 Å². The average Bonchev–Trinajstić information content (AvgIpc) is 3.03. The number of nitrogens with zero attached hydrogens (tertiary/aromatic N) is 2. The predicted molar refractivity (Wildman–Crippen MR) is 85.0 cm³/mol. The van der Waals surface area contributed by atoms with Gasteiger partial charge in [0.05, 0.1) is 18.4 Å². The highest BCUT2D eigenvalue weighted by Crippen LogP contribution is 2.30. The van der Waals surface area contributed by atoms with Crippen molar-refractivity contribution in [3.63, 3.8) is 0 Å². The Morgan fingerprint density at radius 1 is 1.17 bits per heavy atom. The molecule has 1 amide bonds. The largest absolute Gasteiger partial charge is 0.476 e. The fourth-order valence-corrected chi connectivity index (χ4v) is 2.64. The zero-order valence-electron chi connectivity index (χ0n) is 12.5. The number of aromatic nitrogens is 2. The van der Waals surface area contributed by atoms with Gasteiger partial charge in [0.15, 0.2) is 5.69 Å². The number of halogens is 1. The van der Waals surface area contributed by atoms with Crippen LogP contribution in [0.4, 0.5) is 0 Å². The Hall–Kier alpha value is -2.51. The Balaban J connectivity index is 1.70. The summed E-state index contributed by atoms with van der Waals surface area (Å²) in [7, 11) is 0. The summed E-state index contributed by atoms with van der Waals surface area (Å²) in [5, 5.41) is 12.3. The van der Waals surface area contributed by atoms with Crippen molar-refractivity contribution in [1.29, 1.82) is 0 Å². The van der Waals surface area contributed by atoms with Crippen LogP contribution in [0, 0.1) is 0 Å². The number of carboxylic acids is 1. The highest BCUT2D eigenvalue weighted by atomic mass is 35.5. The molecule has 2 atom stereocenters. The Bertz CT molecular complexity index is 749. The molecule has 1 fully saturated rings. The molecule has 2 unspecified atom stereocenters. The number of nitrogens with one attached hydrogen (secondary N) is 1. The maximum atomic E-state index is 12.3. The van der Waals surface area contributed by atoms with E-state index in [-0.39, 0.29) is 23.5 Å². The van der Waals surface area contributed by atoms with Crippen LogP contribution < -0.4 is 5.32 Å². The molecule has 0 aliphatic carbocycles. The van der Waals surface area contributed by atoms with E-state index in [1.165, 1.54) is 0 Å². The first-order chi connectivity index (χ1) is 11.5. The standard InChI is InChI=1S/C16H14ClN3O4/c17-10-3-1-9(2-4-10)14-11(5-6-24-14)20-15(21)12-7-19-13(8-18-12)16(22)23/h1-4,7-8,11,14H,5-6H2,(H,20,21)(H,22,23). The molecule has 124 valence electrons. The monoisotopic (exact) mass is 347 g/mol. The second-order valence-corrected chi connectivity index (χ2v) is 5.74. The van der Waals surface area contributed by atoms with Crippen molar-refractivity contribution in [2.45, 2.75) is 18.6 Å². The molecule has 2 aromatic rings. The first-order valence-corrected chi connectivity index (χ1v) is 7.65. The van der Waals surface area contributed by atoms with Gasteiger partial charge in [-0.2, -0.15) is 0 Å². The van der Waals surface area contributed by atoms with Gasteiger partial charge in [0.1, 0.15) is 11.8 Å². The SMILES string of the molecule is O=C(O)c1cnc(C(=O)NC2CCOC2c2ccc(Cl)cc2)cn1. The van der Waals surface area contributed by atoms with Crippen molar-refractivity contribution in [3.05, 3.63) is 58.6 Å². The molecule has 1 aromatic carbocycles. The van der Waals surface area contributed by atoms with Crippen LogP contribution in [0.2, 0.25) is 5.02 Å². The fraction of sp³-hybridized carbons (Fsp3) is 0.250. The fourth-order valence-electron chi connectivity index (χ4n) is 2.52. The van der Waals surface area contributed by atoms with Crippen LogP contribution in [0.1, 0.15) is 39.1 Å². The van der Waals surface area contributed by atoms with Crippen LogP contribution in [0.5, 0.6) is 0 Å². The first-order valence-electron chi connectivity index (χ1n) is 7.28. The van der Waals surface area contributed by atoms with Crippen LogP contribution in [0.3, 0.4) is 0 Å². The van der Waals surface area contributed by atoms with Gasteiger partial charge in [0.25, 0.3) is 5.91 Å². The Morgan fingerprint density at radius 3 is 2.46 bits per heavy atom. The van der Waals surface area contributed by atoms with E-state index in [0.717, 1.165) is 18.0 Å². The number of aromatic carboxylic acids is 1. The number of carbonyl (C=O) groups is 2. The number of ether oxygens (including phenoxy) is 1. The summed E-state index contributed by atoms with van der Waals surface area (Å²) in [6.07, 6.45) is 2.60. The van der Waals surface area contributed by atoms with Gasteiger partial charge in [-0.25, -0.2) is 14.8 Å². The summed E-state index contributed by atoms with van der Waals surface area (Å²) in [5.41, 5.74) is 0.769. The predicted octanol–water partition coefficient (Wildman–Crippen LogP) is 2.09. The molecular formula is C16H14ClN3O4. The minimum Gasteiger partial charge on any atom is -0.476 e. The molecule has 0 bridgehead atoms. The van der Waals surface area contributed by atoms with Crippen molar-refractivity contribution in [3.8, 4) is 0 Å². The zero-order chi connectivity index (χ0) is 17.1. The third-order valence-corrected chi connectivity index (χ3v) is 3.96. The van der Waals surface area contributed by atoms with Gasteiger partial charge in [0.2, 0.25) is 0 Å². The molecule has 1 aliphatic heterocycles. The smallest absolute Gasteiger partial charge is 0.356 e. The molecule has 1 aliphatic rings. The number of rotatable bonds is 4. The zero-order valence-corrected chi connectivity index (χ0v) is 13.2. The summed E-state index contributed by atoms with van der Waals surface area (Å²) in [5.74, 6) is -1.62. The molecule has 0 spiro atoms. The summed E-state index contributed by atoms with van der Waals surface area (Å²) < 4.78 is 5.71. The van der Waals surface area contributed by atoms with Crippen LogP contribution in [-0.4, -0.2) is 39.6 Å². The van der Waals surface area contributed by atoms with Crippen molar-refractivity contribution in [1.82, 2.24) is 15.3 Å². The van der Waals surface area contributed by atoms with E-state index in [4.69, 9.17) is 21.4 Å². The number of benzene rings is 1. The third-order valence-electron chi connectivity index (χ3n) is 3.71. The Labute approximate surface area is 142 Å². The van der Waals surface area contributed by atoms with E-state index in [1.807, 2.05) is 12.1 Å². The highest BCUT2D eigenvalue weighted by molar-refractivity contribution is 6.30. The lowest BCUT2D eigenvalue weighted by Gasteiger charge is -2.20. The van der Waals surface area contributed by atoms with E-state index in [1.54, 1.807) is 12.1 Å². The van der Waals surface area contributed by atoms with Gasteiger partial charge in [-0.1, -0.05) is 23.7 Å². The highest BCUT2D eigenvalue weighted by Gasteiger charge is 2.31. The Kier molecular flexibility index (Phi) is 4.73. The van der Waals surface area contributed by atoms with E-state index in [9.17, 15) is 9.59 Å². The molecule has 1 aromatic heterocycles. The van der Waals surface area contributed by atoms with Crippen LogP contribution in [0.25, 0.3) is 0 Å². The molecule has 24 heavy (non-hydrogen) atoms. The van der Waals surface area contributed by atoms with E-state index < -0.39 is 11.9 Å². The molecular weight excluding hydrogens is 334 g/mol. The second-order valence-electron chi connectivity index (χ2n) is 5.30. The second kappa shape index (κ2) is 6.94. The molecule has 3 rings (SSSR count).